The molecule has 0 aliphatic carbocycles. The molecule has 92 valence electrons. The zero-order valence-electron chi connectivity index (χ0n) is 10.0. The second-order valence-corrected chi connectivity index (χ2v) is 4.87. The van der Waals surface area contributed by atoms with E-state index in [1.807, 2.05) is 31.4 Å². The molecule has 0 radical (unpaired) electrons. The highest BCUT2D eigenvalue weighted by Crippen LogP contribution is 2.20. The predicted octanol–water partition coefficient (Wildman–Crippen LogP) is 2.71. The highest BCUT2D eigenvalue weighted by atomic mass is 79.9. The molecule has 2 aromatic rings. The zero-order chi connectivity index (χ0) is 13.0. The van der Waals surface area contributed by atoms with Gasteiger partial charge in [-0.2, -0.15) is 10.4 Å². The summed E-state index contributed by atoms with van der Waals surface area (Å²) in [5.41, 5.74) is 2.54. The highest BCUT2D eigenvalue weighted by Gasteiger charge is 2.03. The second-order valence-electron chi connectivity index (χ2n) is 3.96. The SMILES string of the molecule is Cn1ccc(CCNc2cc(Br)ccc2C#N)n1. The molecule has 5 heteroatoms. The summed E-state index contributed by atoms with van der Waals surface area (Å²) in [6.07, 6.45) is 2.76. The van der Waals surface area contributed by atoms with Crippen LogP contribution < -0.4 is 5.32 Å². The van der Waals surface area contributed by atoms with E-state index in [4.69, 9.17) is 5.26 Å². The van der Waals surface area contributed by atoms with E-state index in [0.717, 1.165) is 28.8 Å². The molecule has 0 atom stereocenters. The minimum absolute atomic E-state index is 0.652. The van der Waals surface area contributed by atoms with Gasteiger partial charge in [0, 0.05) is 30.7 Å². The quantitative estimate of drug-likeness (QED) is 0.945. The van der Waals surface area contributed by atoms with Crippen LogP contribution >= 0.6 is 15.9 Å². The summed E-state index contributed by atoms with van der Waals surface area (Å²) in [5.74, 6) is 0. The number of rotatable bonds is 4. The largest absolute Gasteiger partial charge is 0.384 e. The summed E-state index contributed by atoms with van der Waals surface area (Å²) >= 11 is 3.40. The number of anilines is 1. The molecule has 0 saturated heterocycles. The van der Waals surface area contributed by atoms with Crippen LogP contribution in [0.1, 0.15) is 11.3 Å². The molecule has 0 spiro atoms. The summed E-state index contributed by atoms with van der Waals surface area (Å²) in [7, 11) is 1.90. The van der Waals surface area contributed by atoms with Gasteiger partial charge in [-0.1, -0.05) is 15.9 Å². The monoisotopic (exact) mass is 304 g/mol. The zero-order valence-corrected chi connectivity index (χ0v) is 11.6. The van der Waals surface area contributed by atoms with Gasteiger partial charge in [-0.05, 0) is 24.3 Å². The third-order valence-corrected chi connectivity index (χ3v) is 3.06. The van der Waals surface area contributed by atoms with Crippen molar-refractivity contribution in [1.82, 2.24) is 9.78 Å². The molecule has 4 nitrogen and oxygen atoms in total. The fourth-order valence-corrected chi connectivity index (χ4v) is 2.04. The molecule has 2 rings (SSSR count). The van der Waals surface area contributed by atoms with Crippen LogP contribution in [0.15, 0.2) is 34.9 Å². The topological polar surface area (TPSA) is 53.6 Å². The van der Waals surface area contributed by atoms with Gasteiger partial charge in [-0.15, -0.1) is 0 Å². The van der Waals surface area contributed by atoms with E-state index < -0.39 is 0 Å². The van der Waals surface area contributed by atoms with E-state index in [9.17, 15) is 0 Å². The molecule has 0 fully saturated rings. The summed E-state index contributed by atoms with van der Waals surface area (Å²) in [4.78, 5) is 0. The molecular formula is C13H13BrN4. The van der Waals surface area contributed by atoms with Crippen molar-refractivity contribution >= 4 is 21.6 Å². The van der Waals surface area contributed by atoms with Crippen LogP contribution in [0.2, 0.25) is 0 Å². The molecule has 18 heavy (non-hydrogen) atoms. The molecule has 1 N–H and O–H groups in total. The van der Waals surface area contributed by atoms with E-state index >= 15 is 0 Å². The predicted molar refractivity (Wildman–Crippen MR) is 74.3 cm³/mol. The third kappa shape index (κ3) is 3.11. The lowest BCUT2D eigenvalue weighted by atomic mass is 10.2. The number of aryl methyl sites for hydroxylation is 1. The lowest BCUT2D eigenvalue weighted by Gasteiger charge is -2.07. The third-order valence-electron chi connectivity index (χ3n) is 2.57. The van der Waals surface area contributed by atoms with Gasteiger partial charge < -0.3 is 5.32 Å². The maximum Gasteiger partial charge on any atom is 0.101 e. The van der Waals surface area contributed by atoms with E-state index in [1.54, 1.807) is 10.7 Å². The molecule has 1 aromatic heterocycles. The smallest absolute Gasteiger partial charge is 0.101 e. The first-order valence-electron chi connectivity index (χ1n) is 5.61. The van der Waals surface area contributed by atoms with Gasteiger partial charge >= 0.3 is 0 Å². The van der Waals surface area contributed by atoms with E-state index in [2.05, 4.69) is 32.4 Å². The Labute approximate surface area is 114 Å². The van der Waals surface area contributed by atoms with Crippen LogP contribution in [0.3, 0.4) is 0 Å². The second kappa shape index (κ2) is 5.69. The van der Waals surface area contributed by atoms with Gasteiger partial charge in [0.2, 0.25) is 0 Å². The Morgan fingerprint density at radius 3 is 2.94 bits per heavy atom. The lowest BCUT2D eigenvalue weighted by molar-refractivity contribution is 0.742. The lowest BCUT2D eigenvalue weighted by Crippen LogP contribution is -2.07. The molecular weight excluding hydrogens is 292 g/mol. The Bertz CT molecular complexity index is 583. The molecule has 0 unspecified atom stereocenters. The van der Waals surface area contributed by atoms with Crippen LogP contribution in [-0.2, 0) is 13.5 Å². The van der Waals surface area contributed by atoms with Crippen LogP contribution in [0.4, 0.5) is 5.69 Å². The highest BCUT2D eigenvalue weighted by molar-refractivity contribution is 9.10. The van der Waals surface area contributed by atoms with Crippen LogP contribution in [-0.4, -0.2) is 16.3 Å². The average Bonchev–Trinajstić information content (AvgIpc) is 2.75. The van der Waals surface area contributed by atoms with Gasteiger partial charge in [0.15, 0.2) is 0 Å². The molecule has 0 amide bonds. The van der Waals surface area contributed by atoms with Crippen molar-refractivity contribution in [1.29, 1.82) is 5.26 Å². The van der Waals surface area contributed by atoms with Gasteiger partial charge in [0.05, 0.1) is 16.9 Å². The maximum atomic E-state index is 9.01. The summed E-state index contributed by atoms with van der Waals surface area (Å²) in [6.45, 7) is 0.752. The van der Waals surface area contributed by atoms with Crippen molar-refractivity contribution in [2.24, 2.45) is 7.05 Å². The van der Waals surface area contributed by atoms with Gasteiger partial charge in [-0.3, -0.25) is 4.68 Å². The number of hydrogen-bond donors (Lipinski definition) is 1. The summed E-state index contributed by atoms with van der Waals surface area (Å²) in [5, 5.41) is 16.6. The van der Waals surface area contributed by atoms with Crippen molar-refractivity contribution in [2.45, 2.75) is 6.42 Å². The standard InChI is InChI=1S/C13H13BrN4/c1-18-7-5-12(17-18)4-6-16-13-8-11(14)3-2-10(13)9-15/h2-3,5,7-8,16H,4,6H2,1H3. The number of benzene rings is 1. The van der Waals surface area contributed by atoms with Gasteiger partial charge in [0.25, 0.3) is 0 Å². The van der Waals surface area contributed by atoms with Crippen LogP contribution in [0.25, 0.3) is 0 Å². The first-order valence-corrected chi connectivity index (χ1v) is 6.40. The van der Waals surface area contributed by atoms with Crippen LogP contribution in [0, 0.1) is 11.3 Å². The number of halogens is 1. The minimum atomic E-state index is 0.652. The molecule has 1 heterocycles. The van der Waals surface area contributed by atoms with Gasteiger partial charge in [0.1, 0.15) is 6.07 Å². The number of nitrogens with one attached hydrogen (secondary N) is 1. The fraction of sp³-hybridized carbons (Fsp3) is 0.231. The van der Waals surface area contributed by atoms with Crippen molar-refractivity contribution < 1.29 is 0 Å². The average molecular weight is 305 g/mol. The Morgan fingerprint density at radius 2 is 2.28 bits per heavy atom. The van der Waals surface area contributed by atoms with Crippen molar-refractivity contribution in [3.8, 4) is 6.07 Å². The van der Waals surface area contributed by atoms with E-state index in [0.29, 0.717) is 5.56 Å². The minimum Gasteiger partial charge on any atom is -0.384 e. The van der Waals surface area contributed by atoms with Crippen molar-refractivity contribution in [3.05, 3.63) is 46.2 Å². The number of aromatic nitrogens is 2. The van der Waals surface area contributed by atoms with Crippen molar-refractivity contribution in [3.63, 3.8) is 0 Å². The summed E-state index contributed by atoms with van der Waals surface area (Å²) < 4.78 is 2.75. The van der Waals surface area contributed by atoms with E-state index in [1.165, 1.54) is 0 Å². The molecule has 0 aliphatic rings. The number of hydrogen-bond acceptors (Lipinski definition) is 3. The molecule has 0 saturated carbocycles. The van der Waals surface area contributed by atoms with Crippen molar-refractivity contribution in [2.75, 3.05) is 11.9 Å². The Balaban J connectivity index is 1.98. The molecule has 0 aliphatic heterocycles. The first-order chi connectivity index (χ1) is 8.69. The normalized spacial score (nSPS) is 10.1. The van der Waals surface area contributed by atoms with Gasteiger partial charge in [-0.25, -0.2) is 0 Å². The summed E-state index contributed by atoms with van der Waals surface area (Å²) in [6, 6.07) is 9.74. The van der Waals surface area contributed by atoms with Crippen LogP contribution in [0.5, 0.6) is 0 Å². The molecule has 1 aromatic carbocycles. The Morgan fingerprint density at radius 1 is 1.44 bits per heavy atom. The van der Waals surface area contributed by atoms with E-state index in [-0.39, 0.29) is 0 Å². The Hall–Kier alpha value is -1.80. The Kier molecular flexibility index (Phi) is 4.00. The first kappa shape index (κ1) is 12.7. The number of nitriles is 1. The molecule has 0 bridgehead atoms. The number of nitrogens with zero attached hydrogens (tertiary/aromatic N) is 3. The maximum absolute atomic E-state index is 9.01. The fourth-order valence-electron chi connectivity index (χ4n) is 1.68.